The summed E-state index contributed by atoms with van der Waals surface area (Å²) in [6.07, 6.45) is 0.445. The van der Waals surface area contributed by atoms with Gasteiger partial charge in [-0.2, -0.15) is 0 Å². The molecule has 4 nitrogen and oxygen atoms in total. The monoisotopic (exact) mass is 354 g/mol. The summed E-state index contributed by atoms with van der Waals surface area (Å²) in [6, 6.07) is 8.07. The fourth-order valence-corrected chi connectivity index (χ4v) is 3.12. The average Bonchev–Trinajstić information content (AvgIpc) is 2.84. The zero-order chi connectivity index (χ0) is 14.5. The molecule has 106 valence electrons. The Balaban J connectivity index is 1.84. The molecule has 0 aliphatic heterocycles. The Labute approximate surface area is 129 Å². The van der Waals surface area contributed by atoms with Crippen LogP contribution in [0.25, 0.3) is 0 Å². The molecule has 1 atom stereocenters. The molecule has 0 fully saturated rings. The number of carbonyl (C=O) groups excluding carboxylic acids is 1. The molecule has 6 heteroatoms. The van der Waals surface area contributed by atoms with Crippen LogP contribution in [-0.4, -0.2) is 17.1 Å². The van der Waals surface area contributed by atoms with Gasteiger partial charge in [-0.3, -0.25) is 4.79 Å². The van der Waals surface area contributed by atoms with Crippen LogP contribution in [0.15, 0.2) is 40.2 Å². The van der Waals surface area contributed by atoms with Crippen LogP contribution in [0.1, 0.15) is 10.4 Å². The smallest absolute Gasteiger partial charge is 0.237 e. The van der Waals surface area contributed by atoms with E-state index in [-0.39, 0.29) is 11.7 Å². The lowest BCUT2D eigenvalue weighted by Gasteiger charge is -2.12. The molecule has 0 saturated heterocycles. The highest BCUT2D eigenvalue weighted by Crippen LogP contribution is 2.19. The number of nitrogens with two attached hydrogens (primary N) is 1. The largest absolute Gasteiger partial charge is 0.508 e. The summed E-state index contributed by atoms with van der Waals surface area (Å²) in [4.78, 5) is 13.0. The van der Waals surface area contributed by atoms with E-state index in [0.717, 1.165) is 14.9 Å². The molecule has 0 aliphatic rings. The van der Waals surface area contributed by atoms with Gasteiger partial charge in [0.2, 0.25) is 5.91 Å². The van der Waals surface area contributed by atoms with Gasteiger partial charge in [0, 0.05) is 14.7 Å². The standard InChI is InChI=1S/C14H15BrN2O2S/c15-10-6-12(20-8-10)7-17-14(19)13(16)5-9-1-3-11(18)4-2-9/h1-4,6,8,13,18H,5,7,16H2,(H,17,19)/t13-/m0/s1. The fourth-order valence-electron chi connectivity index (χ4n) is 1.73. The zero-order valence-corrected chi connectivity index (χ0v) is 13.1. The normalized spacial score (nSPS) is 12.1. The summed E-state index contributed by atoms with van der Waals surface area (Å²) in [6.45, 7) is 0.485. The summed E-state index contributed by atoms with van der Waals surface area (Å²) in [5.41, 5.74) is 6.80. The van der Waals surface area contributed by atoms with Crippen LogP contribution in [0.5, 0.6) is 5.75 Å². The average molecular weight is 355 g/mol. The van der Waals surface area contributed by atoms with Gasteiger partial charge in [0.15, 0.2) is 0 Å². The van der Waals surface area contributed by atoms with Gasteiger partial charge in [-0.25, -0.2) is 0 Å². The van der Waals surface area contributed by atoms with Crippen molar-refractivity contribution in [1.82, 2.24) is 5.32 Å². The number of carbonyl (C=O) groups is 1. The topological polar surface area (TPSA) is 75.3 Å². The molecule has 1 heterocycles. The van der Waals surface area contributed by atoms with E-state index in [1.165, 1.54) is 0 Å². The van der Waals surface area contributed by atoms with E-state index in [1.807, 2.05) is 11.4 Å². The molecule has 0 unspecified atom stereocenters. The Morgan fingerprint density at radius 3 is 2.70 bits per heavy atom. The molecule has 0 saturated carbocycles. The van der Waals surface area contributed by atoms with E-state index in [0.29, 0.717) is 13.0 Å². The molecule has 0 spiro atoms. The van der Waals surface area contributed by atoms with Gasteiger partial charge in [0.05, 0.1) is 12.6 Å². The van der Waals surface area contributed by atoms with Crippen molar-refractivity contribution < 1.29 is 9.90 Å². The second-order valence-corrected chi connectivity index (χ2v) is 6.34. The van der Waals surface area contributed by atoms with Gasteiger partial charge in [-0.15, -0.1) is 11.3 Å². The van der Waals surface area contributed by atoms with E-state index in [2.05, 4.69) is 21.2 Å². The van der Waals surface area contributed by atoms with Gasteiger partial charge >= 0.3 is 0 Å². The van der Waals surface area contributed by atoms with E-state index in [1.54, 1.807) is 35.6 Å². The molecule has 0 radical (unpaired) electrons. The van der Waals surface area contributed by atoms with Gasteiger partial charge in [-0.05, 0) is 46.1 Å². The van der Waals surface area contributed by atoms with Crippen LogP contribution < -0.4 is 11.1 Å². The summed E-state index contributed by atoms with van der Waals surface area (Å²) >= 11 is 4.95. The van der Waals surface area contributed by atoms with Crippen molar-refractivity contribution >= 4 is 33.2 Å². The number of aromatic hydroxyl groups is 1. The Morgan fingerprint density at radius 2 is 2.10 bits per heavy atom. The molecular formula is C14H15BrN2O2S. The van der Waals surface area contributed by atoms with E-state index in [9.17, 15) is 9.90 Å². The van der Waals surface area contributed by atoms with Crippen molar-refractivity contribution in [2.24, 2.45) is 5.73 Å². The minimum Gasteiger partial charge on any atom is -0.508 e. The molecular weight excluding hydrogens is 340 g/mol. The Kier molecular flexibility index (Phi) is 5.17. The van der Waals surface area contributed by atoms with Crippen molar-refractivity contribution in [2.75, 3.05) is 0 Å². The predicted molar refractivity (Wildman–Crippen MR) is 83.7 cm³/mol. The van der Waals surface area contributed by atoms with E-state index in [4.69, 9.17) is 5.73 Å². The number of hydrogen-bond acceptors (Lipinski definition) is 4. The number of hydrogen-bond donors (Lipinski definition) is 3. The molecule has 0 bridgehead atoms. The molecule has 1 aromatic heterocycles. The van der Waals surface area contributed by atoms with Crippen molar-refractivity contribution in [3.63, 3.8) is 0 Å². The van der Waals surface area contributed by atoms with Crippen molar-refractivity contribution in [1.29, 1.82) is 0 Å². The quantitative estimate of drug-likeness (QED) is 0.771. The second kappa shape index (κ2) is 6.88. The molecule has 1 aromatic carbocycles. The van der Waals surface area contributed by atoms with E-state index < -0.39 is 6.04 Å². The summed E-state index contributed by atoms with van der Waals surface area (Å²) in [5.74, 6) is 0.0256. The van der Waals surface area contributed by atoms with Gasteiger partial charge in [-0.1, -0.05) is 12.1 Å². The third-order valence-electron chi connectivity index (χ3n) is 2.79. The van der Waals surface area contributed by atoms with E-state index >= 15 is 0 Å². The number of nitrogens with one attached hydrogen (secondary N) is 1. The SMILES string of the molecule is N[C@@H](Cc1ccc(O)cc1)C(=O)NCc1cc(Br)cs1. The number of phenolic OH excluding ortho intramolecular Hbond substituents is 1. The predicted octanol–water partition coefficient (Wildman–Crippen LogP) is 2.40. The molecule has 20 heavy (non-hydrogen) atoms. The lowest BCUT2D eigenvalue weighted by molar-refractivity contribution is -0.122. The van der Waals surface area contributed by atoms with Gasteiger partial charge < -0.3 is 16.2 Å². The Morgan fingerprint density at radius 1 is 1.40 bits per heavy atom. The Hall–Kier alpha value is -1.37. The maximum absolute atomic E-state index is 11.9. The summed E-state index contributed by atoms with van der Waals surface area (Å²) in [5, 5.41) is 14.0. The number of thiophene rings is 1. The molecule has 0 aliphatic carbocycles. The first-order chi connectivity index (χ1) is 9.54. The minimum absolute atomic E-state index is 0.178. The maximum Gasteiger partial charge on any atom is 0.237 e. The maximum atomic E-state index is 11.9. The lowest BCUT2D eigenvalue weighted by Crippen LogP contribution is -2.41. The molecule has 1 amide bonds. The third kappa shape index (κ3) is 4.33. The summed E-state index contributed by atoms with van der Waals surface area (Å²) in [7, 11) is 0. The number of halogens is 1. The van der Waals surface area contributed by atoms with Crippen LogP contribution in [0.2, 0.25) is 0 Å². The number of benzene rings is 1. The molecule has 4 N–H and O–H groups in total. The summed E-state index contributed by atoms with van der Waals surface area (Å²) < 4.78 is 1.01. The first kappa shape index (κ1) is 15.0. The van der Waals surface area contributed by atoms with Crippen LogP contribution in [0, 0.1) is 0 Å². The van der Waals surface area contributed by atoms with Crippen LogP contribution in [0.4, 0.5) is 0 Å². The second-order valence-electron chi connectivity index (χ2n) is 4.43. The van der Waals surface area contributed by atoms with Crippen LogP contribution >= 0.6 is 27.3 Å². The number of amides is 1. The zero-order valence-electron chi connectivity index (χ0n) is 10.7. The fraction of sp³-hybridized carbons (Fsp3) is 0.214. The van der Waals surface area contributed by atoms with Crippen LogP contribution in [0.3, 0.4) is 0 Å². The number of phenols is 1. The highest BCUT2D eigenvalue weighted by Gasteiger charge is 2.14. The van der Waals surface area contributed by atoms with Gasteiger partial charge in [0.25, 0.3) is 0 Å². The van der Waals surface area contributed by atoms with Gasteiger partial charge in [0.1, 0.15) is 5.75 Å². The molecule has 2 rings (SSSR count). The Bertz CT molecular complexity index is 583. The van der Waals surface area contributed by atoms with Crippen LogP contribution in [-0.2, 0) is 17.8 Å². The highest BCUT2D eigenvalue weighted by molar-refractivity contribution is 9.10. The van der Waals surface area contributed by atoms with Crippen molar-refractivity contribution in [3.05, 3.63) is 50.6 Å². The third-order valence-corrected chi connectivity index (χ3v) is 4.48. The molecule has 2 aromatic rings. The van der Waals surface area contributed by atoms with Crippen molar-refractivity contribution in [3.8, 4) is 5.75 Å². The van der Waals surface area contributed by atoms with Crippen molar-refractivity contribution in [2.45, 2.75) is 19.0 Å². The highest BCUT2D eigenvalue weighted by atomic mass is 79.9. The lowest BCUT2D eigenvalue weighted by atomic mass is 10.1. The first-order valence-electron chi connectivity index (χ1n) is 6.08. The first-order valence-corrected chi connectivity index (χ1v) is 7.76. The minimum atomic E-state index is -0.594. The number of rotatable bonds is 5.